The first-order chi connectivity index (χ1) is 14.1. The second-order valence-corrected chi connectivity index (χ2v) is 9.64. The second-order valence-electron chi connectivity index (χ2n) is 8.07. The first kappa shape index (κ1) is 20.0. The monoisotopic (exact) mass is 426 g/mol. The molecule has 0 radical (unpaired) electrons. The molecule has 1 aliphatic rings. The fourth-order valence-corrected chi connectivity index (χ4v) is 4.66. The van der Waals surface area contributed by atoms with E-state index in [-0.39, 0.29) is 28.7 Å². The van der Waals surface area contributed by atoms with Crippen LogP contribution in [0, 0.1) is 0 Å². The number of anilines is 1. The number of rotatable bonds is 3. The summed E-state index contributed by atoms with van der Waals surface area (Å²) in [5.74, 6) is -0.541. The Kier molecular flexibility index (Phi) is 4.58. The summed E-state index contributed by atoms with van der Waals surface area (Å²) in [6.07, 6.45) is 0. The molecule has 0 spiro atoms. The highest BCUT2D eigenvalue weighted by Crippen LogP contribution is 2.30. The largest absolute Gasteiger partial charge is 0.493 e. The molecule has 0 bridgehead atoms. The summed E-state index contributed by atoms with van der Waals surface area (Å²) in [4.78, 5) is 13.4. The van der Waals surface area contributed by atoms with Crippen molar-refractivity contribution in [3.8, 4) is 5.88 Å². The molecule has 0 atom stereocenters. The molecule has 30 heavy (non-hydrogen) atoms. The van der Waals surface area contributed by atoms with Crippen LogP contribution in [0.25, 0.3) is 0 Å². The van der Waals surface area contributed by atoms with Crippen molar-refractivity contribution in [3.05, 3.63) is 76.1 Å². The van der Waals surface area contributed by atoms with E-state index in [1.165, 1.54) is 15.4 Å². The zero-order valence-electron chi connectivity index (χ0n) is 16.8. The molecular weight excluding hydrogens is 404 g/mol. The fourth-order valence-electron chi connectivity index (χ4n) is 3.53. The van der Waals surface area contributed by atoms with Crippen LogP contribution in [-0.2, 0) is 22.1 Å². The number of nitrogens with one attached hydrogen (secondary N) is 1. The van der Waals surface area contributed by atoms with E-state index < -0.39 is 21.1 Å². The van der Waals surface area contributed by atoms with Crippen molar-refractivity contribution in [2.24, 2.45) is 4.40 Å². The van der Waals surface area contributed by atoms with Crippen LogP contribution < -0.4 is 10.9 Å². The minimum Gasteiger partial charge on any atom is -0.493 e. The fraction of sp³-hybridized carbons (Fsp3) is 0.238. The predicted molar refractivity (Wildman–Crippen MR) is 115 cm³/mol. The van der Waals surface area contributed by atoms with Crippen LogP contribution in [0.5, 0.6) is 5.88 Å². The lowest BCUT2D eigenvalue weighted by Crippen LogP contribution is -2.38. The molecule has 1 aromatic heterocycles. The summed E-state index contributed by atoms with van der Waals surface area (Å²) in [6, 6.07) is 15.7. The molecule has 1 aliphatic heterocycles. The van der Waals surface area contributed by atoms with Crippen molar-refractivity contribution in [2.75, 3.05) is 5.32 Å². The van der Waals surface area contributed by atoms with Crippen LogP contribution in [0.4, 0.5) is 5.69 Å². The molecule has 0 fully saturated rings. The van der Waals surface area contributed by atoms with E-state index in [1.807, 2.05) is 51.1 Å². The molecular formula is C21H22N4O4S. The molecule has 2 heterocycles. The summed E-state index contributed by atoms with van der Waals surface area (Å²) in [6.45, 7) is 5.74. The first-order valence-corrected chi connectivity index (χ1v) is 10.8. The SMILES string of the molecule is CC(C)(C)n1c(=O)c(C2=NS(=O)(=O)c3ccccc3N2)c(O)n1Cc1ccccc1. The molecule has 3 aromatic rings. The third-order valence-electron chi connectivity index (χ3n) is 4.79. The van der Waals surface area contributed by atoms with Gasteiger partial charge < -0.3 is 10.4 Å². The van der Waals surface area contributed by atoms with Gasteiger partial charge in [0.25, 0.3) is 15.6 Å². The summed E-state index contributed by atoms with van der Waals surface area (Å²) >= 11 is 0. The zero-order valence-corrected chi connectivity index (χ0v) is 17.6. The standard InChI is InChI=1S/C21H22N4O4S/c1-21(2,3)25-20(27)17(19(26)24(25)13-14-9-5-4-6-10-14)18-22-15-11-7-8-12-16(15)30(28,29)23-18/h4-12,26H,13H2,1-3H3,(H,22,23). The van der Waals surface area contributed by atoms with Crippen LogP contribution in [0.2, 0.25) is 0 Å². The molecule has 2 N–H and O–H groups in total. The second kappa shape index (κ2) is 6.88. The molecule has 156 valence electrons. The highest BCUT2D eigenvalue weighted by atomic mass is 32.2. The lowest BCUT2D eigenvalue weighted by atomic mass is 10.1. The number of fused-ring (bicyclic) bond motifs is 1. The number of aromatic nitrogens is 2. The van der Waals surface area contributed by atoms with Gasteiger partial charge in [0.2, 0.25) is 5.88 Å². The van der Waals surface area contributed by atoms with E-state index >= 15 is 0 Å². The third kappa shape index (κ3) is 3.30. The van der Waals surface area contributed by atoms with E-state index in [2.05, 4.69) is 9.71 Å². The van der Waals surface area contributed by atoms with Crippen molar-refractivity contribution in [1.82, 2.24) is 9.36 Å². The molecule has 0 saturated carbocycles. The van der Waals surface area contributed by atoms with Gasteiger partial charge in [-0.3, -0.25) is 4.79 Å². The molecule has 0 saturated heterocycles. The van der Waals surface area contributed by atoms with Crippen LogP contribution in [0.3, 0.4) is 0 Å². The van der Waals surface area contributed by atoms with Gasteiger partial charge in [0.15, 0.2) is 5.84 Å². The Morgan fingerprint density at radius 2 is 1.67 bits per heavy atom. The van der Waals surface area contributed by atoms with E-state index in [0.29, 0.717) is 5.69 Å². The van der Waals surface area contributed by atoms with Crippen molar-refractivity contribution in [3.63, 3.8) is 0 Å². The maximum Gasteiger partial charge on any atom is 0.286 e. The Labute approximate surface area is 174 Å². The topological polar surface area (TPSA) is 106 Å². The Morgan fingerprint density at radius 1 is 1.03 bits per heavy atom. The van der Waals surface area contributed by atoms with Gasteiger partial charge in [-0.1, -0.05) is 42.5 Å². The lowest BCUT2D eigenvalue weighted by Gasteiger charge is -2.24. The summed E-state index contributed by atoms with van der Waals surface area (Å²) in [5.41, 5.74) is -0.202. The van der Waals surface area contributed by atoms with Gasteiger partial charge in [-0.15, -0.1) is 4.40 Å². The zero-order chi connectivity index (χ0) is 21.7. The Bertz CT molecular complexity index is 1310. The number of hydrogen-bond donors (Lipinski definition) is 2. The molecule has 0 aliphatic carbocycles. The maximum atomic E-state index is 13.3. The normalized spacial score (nSPS) is 15.2. The number of nitrogens with zero attached hydrogens (tertiary/aromatic N) is 3. The third-order valence-corrected chi connectivity index (χ3v) is 6.13. The Hall–Kier alpha value is -3.33. The number of hydrogen-bond acceptors (Lipinski definition) is 5. The minimum atomic E-state index is -4.01. The van der Waals surface area contributed by atoms with E-state index in [9.17, 15) is 18.3 Å². The van der Waals surface area contributed by atoms with Crippen LogP contribution in [0.1, 0.15) is 31.9 Å². The number of benzene rings is 2. The number of sulfonamides is 1. The van der Waals surface area contributed by atoms with Gasteiger partial charge in [0.05, 0.1) is 17.8 Å². The first-order valence-electron chi connectivity index (χ1n) is 9.40. The van der Waals surface area contributed by atoms with Crippen LogP contribution in [-0.4, -0.2) is 28.7 Å². The highest BCUT2D eigenvalue weighted by molar-refractivity contribution is 7.90. The summed E-state index contributed by atoms with van der Waals surface area (Å²) in [5, 5.41) is 13.9. The van der Waals surface area contributed by atoms with Gasteiger partial charge in [-0.25, -0.2) is 9.36 Å². The van der Waals surface area contributed by atoms with Crippen molar-refractivity contribution >= 4 is 21.5 Å². The van der Waals surface area contributed by atoms with E-state index in [1.54, 1.807) is 18.2 Å². The van der Waals surface area contributed by atoms with Crippen molar-refractivity contribution in [1.29, 1.82) is 0 Å². The van der Waals surface area contributed by atoms with E-state index in [4.69, 9.17) is 0 Å². The molecule has 2 aromatic carbocycles. The number of amidine groups is 1. The smallest absolute Gasteiger partial charge is 0.286 e. The summed E-state index contributed by atoms with van der Waals surface area (Å²) < 4.78 is 31.9. The predicted octanol–water partition coefficient (Wildman–Crippen LogP) is 2.72. The van der Waals surface area contributed by atoms with Crippen LogP contribution in [0.15, 0.2) is 68.7 Å². The van der Waals surface area contributed by atoms with Gasteiger partial charge in [-0.2, -0.15) is 8.42 Å². The Morgan fingerprint density at radius 3 is 2.33 bits per heavy atom. The summed E-state index contributed by atoms with van der Waals surface area (Å²) in [7, 11) is -4.01. The van der Waals surface area contributed by atoms with Gasteiger partial charge in [-0.05, 0) is 38.5 Å². The Balaban J connectivity index is 1.92. The minimum absolute atomic E-state index is 0.0214. The van der Waals surface area contributed by atoms with Gasteiger partial charge >= 0.3 is 0 Å². The molecule has 0 amide bonds. The molecule has 8 nitrogen and oxygen atoms in total. The quantitative estimate of drug-likeness (QED) is 0.670. The number of para-hydroxylation sites is 1. The maximum absolute atomic E-state index is 13.3. The molecule has 9 heteroatoms. The van der Waals surface area contributed by atoms with Gasteiger partial charge in [0.1, 0.15) is 10.5 Å². The van der Waals surface area contributed by atoms with Crippen LogP contribution >= 0.6 is 0 Å². The average Bonchev–Trinajstić information content (AvgIpc) is 2.92. The van der Waals surface area contributed by atoms with Gasteiger partial charge in [0, 0.05) is 0 Å². The average molecular weight is 426 g/mol. The van der Waals surface area contributed by atoms with E-state index in [0.717, 1.165) is 5.56 Å². The highest BCUT2D eigenvalue weighted by Gasteiger charge is 2.33. The molecule has 4 rings (SSSR count). The van der Waals surface area contributed by atoms with Crippen molar-refractivity contribution < 1.29 is 13.5 Å². The van der Waals surface area contributed by atoms with Crippen molar-refractivity contribution in [2.45, 2.75) is 37.8 Å². The molecule has 0 unspecified atom stereocenters. The number of aromatic hydroxyl groups is 1. The lowest BCUT2D eigenvalue weighted by molar-refractivity contribution is 0.269.